The number of hydrogen-bond acceptors (Lipinski definition) is 4. The molecule has 2 aromatic rings. The zero-order chi connectivity index (χ0) is 15.2. The number of anilines is 1. The zero-order valence-corrected chi connectivity index (χ0v) is 11.6. The lowest BCUT2D eigenvalue weighted by atomic mass is 10.1. The number of carbonyl (C=O) groups is 2. The quantitative estimate of drug-likeness (QED) is 0.718. The van der Waals surface area contributed by atoms with Gasteiger partial charge in [0.05, 0.1) is 7.11 Å². The molecular formula is C15H17N3O3. The summed E-state index contributed by atoms with van der Waals surface area (Å²) in [5, 5.41) is 2.65. The molecule has 1 aromatic carbocycles. The van der Waals surface area contributed by atoms with Gasteiger partial charge in [0.25, 0.3) is 5.91 Å². The first-order valence-corrected chi connectivity index (χ1v) is 6.46. The smallest absolute Gasteiger partial charge is 0.328 e. The molecular weight excluding hydrogens is 270 g/mol. The monoisotopic (exact) mass is 287 g/mol. The Morgan fingerprint density at radius 2 is 2.05 bits per heavy atom. The third-order valence-corrected chi connectivity index (χ3v) is 3.02. The average molecular weight is 287 g/mol. The number of H-pyrrole nitrogens is 1. The molecule has 2 rings (SSSR count). The Kier molecular flexibility index (Phi) is 4.61. The van der Waals surface area contributed by atoms with Gasteiger partial charge in [0, 0.05) is 18.3 Å². The number of aromatic nitrogens is 1. The molecule has 1 aromatic heterocycles. The van der Waals surface area contributed by atoms with Gasteiger partial charge in [0.1, 0.15) is 11.7 Å². The van der Waals surface area contributed by atoms with Crippen molar-refractivity contribution in [3.05, 3.63) is 53.9 Å². The number of methoxy groups -OCH3 is 1. The van der Waals surface area contributed by atoms with E-state index >= 15 is 0 Å². The fourth-order valence-corrected chi connectivity index (χ4v) is 1.96. The molecule has 0 bridgehead atoms. The summed E-state index contributed by atoms with van der Waals surface area (Å²) in [5.74, 6) is -0.898. The topological polar surface area (TPSA) is 97.2 Å². The van der Waals surface area contributed by atoms with Crippen LogP contribution in [0.15, 0.2) is 42.6 Å². The van der Waals surface area contributed by atoms with Crippen molar-refractivity contribution >= 4 is 17.6 Å². The van der Waals surface area contributed by atoms with Crippen LogP contribution in [0.2, 0.25) is 0 Å². The second-order valence-electron chi connectivity index (χ2n) is 4.59. The van der Waals surface area contributed by atoms with Crippen LogP contribution in [-0.4, -0.2) is 30.0 Å². The van der Waals surface area contributed by atoms with Crippen molar-refractivity contribution in [1.29, 1.82) is 0 Å². The predicted molar refractivity (Wildman–Crippen MR) is 78.6 cm³/mol. The van der Waals surface area contributed by atoms with Crippen molar-refractivity contribution in [3.8, 4) is 0 Å². The summed E-state index contributed by atoms with van der Waals surface area (Å²) in [6, 6.07) is 10.1. The van der Waals surface area contributed by atoms with Crippen LogP contribution in [-0.2, 0) is 16.0 Å². The molecule has 0 fully saturated rings. The number of aromatic amines is 1. The molecule has 0 aliphatic carbocycles. The molecule has 6 nitrogen and oxygen atoms in total. The Labute approximate surface area is 122 Å². The maximum atomic E-state index is 12.1. The molecule has 0 aliphatic heterocycles. The van der Waals surface area contributed by atoms with Gasteiger partial charge >= 0.3 is 5.97 Å². The molecule has 0 saturated heterocycles. The zero-order valence-electron chi connectivity index (χ0n) is 11.6. The molecule has 1 unspecified atom stereocenters. The van der Waals surface area contributed by atoms with Crippen LogP contribution < -0.4 is 11.1 Å². The number of benzene rings is 1. The van der Waals surface area contributed by atoms with E-state index in [2.05, 4.69) is 10.3 Å². The summed E-state index contributed by atoms with van der Waals surface area (Å²) < 4.78 is 4.74. The van der Waals surface area contributed by atoms with Crippen LogP contribution in [0, 0.1) is 0 Å². The van der Waals surface area contributed by atoms with Crippen molar-refractivity contribution in [1.82, 2.24) is 10.3 Å². The van der Waals surface area contributed by atoms with Gasteiger partial charge < -0.3 is 20.8 Å². The fourth-order valence-electron chi connectivity index (χ4n) is 1.96. The fraction of sp³-hybridized carbons (Fsp3) is 0.200. The third-order valence-electron chi connectivity index (χ3n) is 3.02. The molecule has 21 heavy (non-hydrogen) atoms. The van der Waals surface area contributed by atoms with Crippen molar-refractivity contribution in [2.45, 2.75) is 12.5 Å². The predicted octanol–water partition coefficient (Wildman–Crippen LogP) is 1.11. The number of nitrogen functional groups attached to an aromatic ring is 1. The van der Waals surface area contributed by atoms with Gasteiger partial charge in [-0.15, -0.1) is 0 Å². The minimum absolute atomic E-state index is 0.300. The Bertz CT molecular complexity index is 622. The molecule has 4 N–H and O–H groups in total. The van der Waals surface area contributed by atoms with Gasteiger partial charge in [-0.1, -0.05) is 30.3 Å². The highest BCUT2D eigenvalue weighted by Gasteiger charge is 2.23. The maximum Gasteiger partial charge on any atom is 0.328 e. The van der Waals surface area contributed by atoms with Crippen molar-refractivity contribution in [2.75, 3.05) is 12.8 Å². The van der Waals surface area contributed by atoms with E-state index in [0.29, 0.717) is 17.8 Å². The molecule has 0 spiro atoms. The first-order chi connectivity index (χ1) is 10.1. The Morgan fingerprint density at radius 3 is 2.62 bits per heavy atom. The van der Waals surface area contributed by atoms with Gasteiger partial charge in [0.2, 0.25) is 0 Å². The van der Waals surface area contributed by atoms with E-state index < -0.39 is 17.9 Å². The van der Waals surface area contributed by atoms with E-state index in [4.69, 9.17) is 10.5 Å². The highest BCUT2D eigenvalue weighted by atomic mass is 16.5. The number of amides is 1. The third kappa shape index (κ3) is 3.85. The highest BCUT2D eigenvalue weighted by molar-refractivity contribution is 5.96. The summed E-state index contributed by atoms with van der Waals surface area (Å²) in [6.45, 7) is 0. The lowest BCUT2D eigenvalue weighted by Gasteiger charge is -2.16. The Balaban J connectivity index is 2.09. The summed E-state index contributed by atoms with van der Waals surface area (Å²) in [7, 11) is 1.29. The van der Waals surface area contributed by atoms with E-state index in [-0.39, 0.29) is 0 Å². The molecule has 0 saturated carbocycles. The largest absolute Gasteiger partial charge is 0.467 e. The summed E-state index contributed by atoms with van der Waals surface area (Å²) in [6.07, 6.45) is 1.87. The number of nitrogens with one attached hydrogen (secondary N) is 2. The molecule has 1 atom stereocenters. The lowest BCUT2D eigenvalue weighted by Crippen LogP contribution is -2.43. The summed E-state index contributed by atoms with van der Waals surface area (Å²) >= 11 is 0. The van der Waals surface area contributed by atoms with E-state index in [1.54, 1.807) is 0 Å². The molecule has 0 radical (unpaired) electrons. The number of carbonyl (C=O) groups excluding carboxylic acids is 2. The van der Waals surface area contributed by atoms with Gasteiger partial charge in [-0.25, -0.2) is 4.79 Å². The molecule has 110 valence electrons. The number of hydrogen-bond donors (Lipinski definition) is 3. The second-order valence-corrected chi connectivity index (χ2v) is 4.59. The van der Waals surface area contributed by atoms with Gasteiger partial charge in [-0.05, 0) is 11.6 Å². The molecule has 1 heterocycles. The number of ether oxygens (including phenoxy) is 1. The number of nitrogens with two attached hydrogens (primary N) is 1. The average Bonchev–Trinajstić information content (AvgIpc) is 2.93. The lowest BCUT2D eigenvalue weighted by molar-refractivity contribution is -0.142. The van der Waals surface area contributed by atoms with Gasteiger partial charge in [0.15, 0.2) is 0 Å². The van der Waals surface area contributed by atoms with Crippen LogP contribution >= 0.6 is 0 Å². The molecule has 1 amide bonds. The highest BCUT2D eigenvalue weighted by Crippen LogP contribution is 2.08. The van der Waals surface area contributed by atoms with Crippen molar-refractivity contribution in [3.63, 3.8) is 0 Å². The Hall–Kier alpha value is -2.76. The molecule has 0 aliphatic rings. The molecule has 6 heteroatoms. The van der Waals surface area contributed by atoms with Crippen molar-refractivity contribution < 1.29 is 14.3 Å². The van der Waals surface area contributed by atoms with Crippen LogP contribution in [0.1, 0.15) is 16.1 Å². The minimum Gasteiger partial charge on any atom is -0.467 e. The van der Waals surface area contributed by atoms with Gasteiger partial charge in [-0.2, -0.15) is 0 Å². The van der Waals surface area contributed by atoms with E-state index in [9.17, 15) is 9.59 Å². The summed E-state index contributed by atoms with van der Waals surface area (Å²) in [4.78, 5) is 26.6. The number of rotatable bonds is 5. The standard InChI is InChI=1S/C15H17N3O3/c1-21-15(20)13(7-10-5-3-2-4-6-10)18-14(19)12-8-11(16)9-17-12/h2-6,8-9,13,17H,7,16H2,1H3,(H,18,19). The van der Waals surface area contributed by atoms with E-state index in [1.165, 1.54) is 19.4 Å². The normalized spacial score (nSPS) is 11.7. The van der Waals surface area contributed by atoms with Crippen LogP contribution in [0.5, 0.6) is 0 Å². The van der Waals surface area contributed by atoms with Crippen LogP contribution in [0.4, 0.5) is 5.69 Å². The first-order valence-electron chi connectivity index (χ1n) is 6.46. The first kappa shape index (κ1) is 14.6. The van der Waals surface area contributed by atoms with Crippen LogP contribution in [0.25, 0.3) is 0 Å². The van der Waals surface area contributed by atoms with E-state index in [1.807, 2.05) is 30.3 Å². The van der Waals surface area contributed by atoms with Crippen molar-refractivity contribution in [2.24, 2.45) is 0 Å². The number of esters is 1. The van der Waals surface area contributed by atoms with Crippen LogP contribution in [0.3, 0.4) is 0 Å². The Morgan fingerprint density at radius 1 is 1.33 bits per heavy atom. The maximum absolute atomic E-state index is 12.1. The second kappa shape index (κ2) is 6.60. The van der Waals surface area contributed by atoms with E-state index in [0.717, 1.165) is 5.56 Å². The summed E-state index contributed by atoms with van der Waals surface area (Å²) in [5.41, 5.74) is 7.24. The van der Waals surface area contributed by atoms with Gasteiger partial charge in [-0.3, -0.25) is 4.79 Å². The minimum atomic E-state index is -0.755. The SMILES string of the molecule is COC(=O)C(Cc1ccccc1)NC(=O)c1cc(N)c[nH]1.